The molecule has 1 amide bonds. The summed E-state index contributed by atoms with van der Waals surface area (Å²) in [5, 5.41) is 29.7. The Bertz CT molecular complexity index is 661. The molecule has 0 saturated heterocycles. The van der Waals surface area contributed by atoms with Gasteiger partial charge in [-0.25, -0.2) is 0 Å². The zero-order valence-electron chi connectivity index (χ0n) is 28.0. The molecular weight excluding hydrogens is 538 g/mol. The van der Waals surface area contributed by atoms with E-state index in [-0.39, 0.29) is 6.61 Å². The van der Waals surface area contributed by atoms with Gasteiger partial charge in [0.25, 0.3) is 0 Å². The average molecular weight is 608 g/mol. The third-order valence-electron chi connectivity index (χ3n) is 7.54. The molecule has 2 atom stereocenters. The number of carbonyl (C=O) groups is 2. The number of aliphatic carboxylic acids is 1. The molecule has 6 nitrogen and oxygen atoms in total. The lowest BCUT2D eigenvalue weighted by molar-refractivity contribution is -0.137. The largest absolute Gasteiger partial charge is 0.481 e. The minimum absolute atomic E-state index is 0.261. The summed E-state index contributed by atoms with van der Waals surface area (Å²) < 4.78 is 0. The van der Waals surface area contributed by atoms with Crippen LogP contribution in [0.25, 0.3) is 0 Å². The van der Waals surface area contributed by atoms with E-state index in [1.807, 2.05) is 6.08 Å². The predicted molar refractivity (Wildman–Crippen MR) is 183 cm³/mol. The molecule has 0 fully saturated rings. The first-order valence-corrected chi connectivity index (χ1v) is 17.7. The van der Waals surface area contributed by atoms with Gasteiger partial charge in [-0.2, -0.15) is 0 Å². The average Bonchev–Trinajstić information content (AvgIpc) is 3.00. The molecule has 0 radical (unpaired) electrons. The summed E-state index contributed by atoms with van der Waals surface area (Å²) in [7, 11) is 0. The van der Waals surface area contributed by atoms with E-state index in [0.29, 0.717) is 12.8 Å². The highest BCUT2D eigenvalue weighted by Crippen LogP contribution is 2.12. The number of hydrogen-bond acceptors (Lipinski definition) is 4. The van der Waals surface area contributed by atoms with Crippen LogP contribution in [0.15, 0.2) is 36.5 Å². The van der Waals surface area contributed by atoms with Crippen molar-refractivity contribution < 1.29 is 24.9 Å². The molecule has 0 aromatic heterocycles. The number of carboxylic acid groups (broad SMARTS) is 1. The second-order valence-electron chi connectivity index (χ2n) is 11.7. The van der Waals surface area contributed by atoms with Crippen LogP contribution in [0.2, 0.25) is 0 Å². The van der Waals surface area contributed by atoms with Crippen LogP contribution >= 0.6 is 0 Å². The molecule has 0 heterocycles. The molecule has 0 saturated carbocycles. The molecule has 6 heteroatoms. The van der Waals surface area contributed by atoms with E-state index in [1.54, 1.807) is 6.08 Å². The zero-order valence-corrected chi connectivity index (χ0v) is 28.0. The molecular formula is C37H69NO5. The number of unbranched alkanes of at least 4 members (excludes halogenated alkanes) is 19. The molecule has 0 aliphatic carbocycles. The standard InChI is InChI=1S/C19H37NO3.C18H32O2/c1-2-3-4-5-6-7-8-9-10-11-12-13-14-15-19(23)18(16-21)20-17-22;1-2-3-4-5-6-7-8-9-10-11-12-13-14-15-16-17-18(19)20/h14-15,17-19,21,23H,2-13,16H2,1H3,(H,20,22);6-7,9-10H,2-5,8,11-17H2,1H3,(H,19,20)/b15-14+;7-6-,10-9-/t18-,19+;/m0./s1. The fraction of sp³-hybridized carbons (Fsp3) is 0.784. The van der Waals surface area contributed by atoms with Crippen LogP contribution < -0.4 is 5.32 Å². The Labute approximate surface area is 265 Å². The first kappa shape index (κ1) is 43.2. The number of amides is 1. The Kier molecular flexibility index (Phi) is 38.3. The third kappa shape index (κ3) is 38.1. The van der Waals surface area contributed by atoms with Gasteiger partial charge in [0.1, 0.15) is 0 Å². The van der Waals surface area contributed by atoms with Crippen molar-refractivity contribution in [3.8, 4) is 0 Å². The predicted octanol–water partition coefficient (Wildman–Crippen LogP) is 9.60. The summed E-state index contributed by atoms with van der Waals surface area (Å²) in [6.45, 7) is 4.23. The number of nitrogens with one attached hydrogen (secondary N) is 1. The molecule has 0 aromatic carbocycles. The summed E-state index contributed by atoms with van der Waals surface area (Å²) in [5.41, 5.74) is 0. The number of rotatable bonds is 31. The minimum Gasteiger partial charge on any atom is -0.481 e. The highest BCUT2D eigenvalue weighted by molar-refractivity contribution is 5.66. The van der Waals surface area contributed by atoms with Crippen molar-refractivity contribution in [1.29, 1.82) is 0 Å². The lowest BCUT2D eigenvalue weighted by atomic mass is 10.0. The van der Waals surface area contributed by atoms with Crippen LogP contribution in [0, 0.1) is 0 Å². The van der Waals surface area contributed by atoms with Crippen molar-refractivity contribution in [2.75, 3.05) is 6.61 Å². The number of aliphatic hydroxyl groups is 2. The van der Waals surface area contributed by atoms with Crippen molar-refractivity contribution in [3.05, 3.63) is 36.5 Å². The highest BCUT2D eigenvalue weighted by Gasteiger charge is 2.13. The summed E-state index contributed by atoms with van der Waals surface area (Å²) in [5.74, 6) is -0.671. The molecule has 0 bridgehead atoms. The fourth-order valence-corrected chi connectivity index (χ4v) is 4.73. The first-order chi connectivity index (χ1) is 21.0. The Hall–Kier alpha value is -1.92. The van der Waals surface area contributed by atoms with Crippen LogP contribution in [-0.2, 0) is 9.59 Å². The number of aliphatic hydroxyl groups excluding tert-OH is 2. The number of allylic oxidation sites excluding steroid dienone is 5. The topological polar surface area (TPSA) is 107 Å². The molecule has 43 heavy (non-hydrogen) atoms. The Morgan fingerprint density at radius 3 is 1.51 bits per heavy atom. The fourth-order valence-electron chi connectivity index (χ4n) is 4.73. The Morgan fingerprint density at radius 1 is 0.628 bits per heavy atom. The normalized spacial score (nSPS) is 12.9. The quantitative estimate of drug-likeness (QED) is 0.0357. The molecule has 252 valence electrons. The Morgan fingerprint density at radius 2 is 1.05 bits per heavy atom. The molecule has 0 spiro atoms. The molecule has 0 aliphatic rings. The van der Waals surface area contributed by atoms with E-state index in [9.17, 15) is 14.7 Å². The maximum absolute atomic E-state index is 10.3. The summed E-state index contributed by atoms with van der Waals surface area (Å²) in [6, 6.07) is -0.610. The maximum Gasteiger partial charge on any atom is 0.303 e. The highest BCUT2D eigenvalue weighted by atomic mass is 16.4. The van der Waals surface area contributed by atoms with Crippen molar-refractivity contribution in [3.63, 3.8) is 0 Å². The number of hydrogen-bond donors (Lipinski definition) is 4. The molecule has 0 rings (SSSR count). The van der Waals surface area contributed by atoms with Gasteiger partial charge >= 0.3 is 5.97 Å². The minimum atomic E-state index is -0.821. The summed E-state index contributed by atoms with van der Waals surface area (Å²) in [6.07, 6.45) is 41.1. The van der Waals surface area contributed by atoms with Gasteiger partial charge in [0.15, 0.2) is 0 Å². The van der Waals surface area contributed by atoms with Crippen molar-refractivity contribution in [2.45, 2.75) is 180 Å². The molecule has 0 aromatic rings. The van der Waals surface area contributed by atoms with Gasteiger partial charge in [0, 0.05) is 6.42 Å². The second kappa shape index (κ2) is 38.1. The van der Waals surface area contributed by atoms with E-state index in [0.717, 1.165) is 38.5 Å². The summed E-state index contributed by atoms with van der Waals surface area (Å²) >= 11 is 0. The van der Waals surface area contributed by atoms with E-state index in [1.165, 1.54) is 109 Å². The van der Waals surface area contributed by atoms with Crippen LogP contribution in [-0.4, -0.2) is 46.5 Å². The van der Waals surface area contributed by atoms with E-state index < -0.39 is 18.1 Å². The van der Waals surface area contributed by atoms with Crippen LogP contribution in [0.3, 0.4) is 0 Å². The second-order valence-corrected chi connectivity index (χ2v) is 11.7. The van der Waals surface area contributed by atoms with Gasteiger partial charge in [0.05, 0.1) is 18.8 Å². The van der Waals surface area contributed by atoms with E-state index >= 15 is 0 Å². The van der Waals surface area contributed by atoms with Gasteiger partial charge in [-0.1, -0.05) is 147 Å². The zero-order chi connectivity index (χ0) is 32.1. The first-order valence-electron chi connectivity index (χ1n) is 17.7. The van der Waals surface area contributed by atoms with Crippen molar-refractivity contribution in [2.24, 2.45) is 0 Å². The van der Waals surface area contributed by atoms with Gasteiger partial charge in [-0.05, 0) is 51.4 Å². The Balaban J connectivity index is 0. The van der Waals surface area contributed by atoms with E-state index in [4.69, 9.17) is 10.2 Å². The molecule has 0 aliphatic heterocycles. The number of carbonyl (C=O) groups excluding carboxylic acids is 1. The molecule has 4 N–H and O–H groups in total. The van der Waals surface area contributed by atoms with Crippen molar-refractivity contribution in [1.82, 2.24) is 5.32 Å². The lowest BCUT2D eigenvalue weighted by Gasteiger charge is -2.16. The lowest BCUT2D eigenvalue weighted by Crippen LogP contribution is -2.41. The van der Waals surface area contributed by atoms with Gasteiger partial charge in [0.2, 0.25) is 6.41 Å². The summed E-state index contributed by atoms with van der Waals surface area (Å²) in [4.78, 5) is 20.6. The van der Waals surface area contributed by atoms with Gasteiger partial charge < -0.3 is 20.6 Å². The monoisotopic (exact) mass is 608 g/mol. The maximum atomic E-state index is 10.3. The van der Waals surface area contributed by atoms with Gasteiger partial charge in [-0.3, -0.25) is 9.59 Å². The molecule has 0 unspecified atom stereocenters. The number of carboxylic acids is 1. The van der Waals surface area contributed by atoms with Crippen LogP contribution in [0.5, 0.6) is 0 Å². The van der Waals surface area contributed by atoms with Crippen LogP contribution in [0.4, 0.5) is 0 Å². The smallest absolute Gasteiger partial charge is 0.303 e. The van der Waals surface area contributed by atoms with Gasteiger partial charge in [-0.15, -0.1) is 0 Å². The SMILES string of the molecule is CCCCC/C=C\C/C=C\CCCCCCCC(=O)O.CCCCCCCCCCCCC/C=C/[C@@H](O)[C@H](CO)NC=O. The third-order valence-corrected chi connectivity index (χ3v) is 7.54. The van der Waals surface area contributed by atoms with Crippen LogP contribution in [0.1, 0.15) is 168 Å². The van der Waals surface area contributed by atoms with Crippen molar-refractivity contribution >= 4 is 12.4 Å². The van der Waals surface area contributed by atoms with E-state index in [2.05, 4.69) is 43.5 Å².